The van der Waals surface area contributed by atoms with Crippen LogP contribution in [-0.4, -0.2) is 23.0 Å². The van der Waals surface area contributed by atoms with E-state index in [1.165, 1.54) is 6.33 Å². The van der Waals surface area contributed by atoms with Crippen molar-refractivity contribution >= 4 is 5.91 Å². The van der Waals surface area contributed by atoms with Gasteiger partial charge in [0.2, 0.25) is 5.88 Å². The van der Waals surface area contributed by atoms with Crippen LogP contribution < -0.4 is 14.8 Å². The number of hydrogen-bond acceptors (Lipinski definition) is 5. The molecule has 0 saturated carbocycles. The molecule has 160 valence electrons. The predicted octanol–water partition coefficient (Wildman–Crippen LogP) is 5.18. The highest BCUT2D eigenvalue weighted by Crippen LogP contribution is 2.26. The summed E-state index contributed by atoms with van der Waals surface area (Å²) in [5.74, 6) is 1.56. The molecule has 4 aromatic rings. The SMILES string of the molecule is COc1cccc(Oc2cc(-c3cccc(C(=O)NCc4ccccc4C)c3)ncn2)c1. The summed E-state index contributed by atoms with van der Waals surface area (Å²) in [6.45, 7) is 2.50. The molecule has 0 fully saturated rings. The highest BCUT2D eigenvalue weighted by atomic mass is 16.5. The van der Waals surface area contributed by atoms with Crippen molar-refractivity contribution in [2.24, 2.45) is 0 Å². The normalized spacial score (nSPS) is 10.4. The molecule has 0 unspecified atom stereocenters. The standard InChI is InChI=1S/C26H23N3O3/c1-18-7-3-4-8-21(18)16-27-26(30)20-10-5-9-19(13-20)24-15-25(29-17-28-24)32-23-12-6-11-22(14-23)31-2/h3-15,17H,16H2,1-2H3,(H,27,30). The van der Waals surface area contributed by atoms with Crippen molar-refractivity contribution in [1.29, 1.82) is 0 Å². The molecule has 0 bridgehead atoms. The summed E-state index contributed by atoms with van der Waals surface area (Å²) in [5, 5.41) is 2.98. The van der Waals surface area contributed by atoms with E-state index in [0.717, 1.165) is 16.7 Å². The number of ether oxygens (including phenoxy) is 2. The molecule has 1 aromatic heterocycles. The van der Waals surface area contributed by atoms with Crippen LogP contribution in [0, 0.1) is 6.92 Å². The van der Waals surface area contributed by atoms with Gasteiger partial charge in [0.15, 0.2) is 0 Å². The maximum Gasteiger partial charge on any atom is 0.251 e. The molecule has 0 spiro atoms. The van der Waals surface area contributed by atoms with Crippen LogP contribution >= 0.6 is 0 Å². The quantitative estimate of drug-likeness (QED) is 0.441. The number of carbonyl (C=O) groups excluding carboxylic acids is 1. The van der Waals surface area contributed by atoms with Crippen molar-refractivity contribution in [2.45, 2.75) is 13.5 Å². The Morgan fingerprint density at radius 3 is 2.56 bits per heavy atom. The fourth-order valence-corrected chi connectivity index (χ4v) is 3.24. The molecule has 0 saturated heterocycles. The highest BCUT2D eigenvalue weighted by Gasteiger charge is 2.10. The van der Waals surface area contributed by atoms with Crippen LogP contribution in [0.25, 0.3) is 11.3 Å². The van der Waals surface area contributed by atoms with Crippen molar-refractivity contribution < 1.29 is 14.3 Å². The second kappa shape index (κ2) is 9.75. The predicted molar refractivity (Wildman–Crippen MR) is 123 cm³/mol. The third-order valence-corrected chi connectivity index (χ3v) is 5.03. The van der Waals surface area contributed by atoms with Gasteiger partial charge < -0.3 is 14.8 Å². The minimum Gasteiger partial charge on any atom is -0.497 e. The molecule has 1 heterocycles. The van der Waals surface area contributed by atoms with Gasteiger partial charge in [-0.25, -0.2) is 9.97 Å². The maximum absolute atomic E-state index is 12.7. The molecular weight excluding hydrogens is 402 g/mol. The van der Waals surface area contributed by atoms with E-state index in [1.54, 1.807) is 25.3 Å². The fraction of sp³-hybridized carbons (Fsp3) is 0.115. The van der Waals surface area contributed by atoms with E-state index < -0.39 is 0 Å². The zero-order chi connectivity index (χ0) is 22.3. The number of hydrogen-bond donors (Lipinski definition) is 1. The zero-order valence-corrected chi connectivity index (χ0v) is 17.9. The summed E-state index contributed by atoms with van der Waals surface area (Å²) >= 11 is 0. The lowest BCUT2D eigenvalue weighted by atomic mass is 10.1. The monoisotopic (exact) mass is 425 g/mol. The van der Waals surface area contributed by atoms with Gasteiger partial charge in [-0.1, -0.05) is 42.5 Å². The van der Waals surface area contributed by atoms with E-state index in [4.69, 9.17) is 9.47 Å². The molecule has 6 heteroatoms. The van der Waals surface area contributed by atoms with Crippen molar-refractivity contribution in [3.8, 4) is 28.6 Å². The Hall–Kier alpha value is -4.19. The Morgan fingerprint density at radius 2 is 1.72 bits per heavy atom. The second-order valence-corrected chi connectivity index (χ2v) is 7.21. The van der Waals surface area contributed by atoms with Gasteiger partial charge >= 0.3 is 0 Å². The van der Waals surface area contributed by atoms with Crippen molar-refractivity contribution in [2.75, 3.05) is 7.11 Å². The molecule has 0 aliphatic carbocycles. The van der Waals surface area contributed by atoms with Gasteiger partial charge in [0.05, 0.1) is 12.8 Å². The third kappa shape index (κ3) is 5.10. The van der Waals surface area contributed by atoms with Crippen molar-refractivity contribution in [1.82, 2.24) is 15.3 Å². The first kappa shape index (κ1) is 21.1. The van der Waals surface area contributed by atoms with Gasteiger partial charge in [-0.15, -0.1) is 0 Å². The molecule has 0 aliphatic heterocycles. The van der Waals surface area contributed by atoms with Gasteiger partial charge in [-0.2, -0.15) is 0 Å². The Labute approximate surface area is 186 Å². The van der Waals surface area contributed by atoms with Gasteiger partial charge in [-0.3, -0.25) is 4.79 Å². The number of nitrogens with one attached hydrogen (secondary N) is 1. The summed E-state index contributed by atoms with van der Waals surface area (Å²) in [5.41, 5.74) is 4.25. The fourth-order valence-electron chi connectivity index (χ4n) is 3.24. The summed E-state index contributed by atoms with van der Waals surface area (Å²) in [6.07, 6.45) is 1.44. The number of amides is 1. The molecule has 3 aromatic carbocycles. The lowest BCUT2D eigenvalue weighted by Gasteiger charge is -2.10. The average Bonchev–Trinajstić information content (AvgIpc) is 2.84. The minimum atomic E-state index is -0.142. The van der Waals surface area contributed by atoms with Gasteiger partial charge in [-0.05, 0) is 42.3 Å². The number of benzene rings is 3. The smallest absolute Gasteiger partial charge is 0.251 e. The van der Waals surface area contributed by atoms with Crippen LogP contribution in [0.1, 0.15) is 21.5 Å². The number of aromatic nitrogens is 2. The lowest BCUT2D eigenvalue weighted by molar-refractivity contribution is 0.0951. The van der Waals surface area contributed by atoms with Crippen molar-refractivity contribution in [3.05, 3.63) is 102 Å². The largest absolute Gasteiger partial charge is 0.497 e. The Kier molecular flexibility index (Phi) is 6.41. The number of nitrogens with zero attached hydrogens (tertiary/aromatic N) is 2. The van der Waals surface area contributed by atoms with Crippen LogP contribution in [0.4, 0.5) is 0 Å². The lowest BCUT2D eigenvalue weighted by Crippen LogP contribution is -2.23. The first-order valence-electron chi connectivity index (χ1n) is 10.2. The molecule has 32 heavy (non-hydrogen) atoms. The minimum absolute atomic E-state index is 0.142. The summed E-state index contributed by atoms with van der Waals surface area (Å²) < 4.78 is 11.1. The van der Waals surface area contributed by atoms with Crippen LogP contribution in [-0.2, 0) is 6.54 Å². The van der Waals surface area contributed by atoms with E-state index in [-0.39, 0.29) is 5.91 Å². The Morgan fingerprint density at radius 1 is 0.906 bits per heavy atom. The van der Waals surface area contributed by atoms with E-state index in [0.29, 0.717) is 35.2 Å². The molecule has 6 nitrogen and oxygen atoms in total. The summed E-state index contributed by atoms with van der Waals surface area (Å²) in [4.78, 5) is 21.2. The van der Waals surface area contributed by atoms with Gasteiger partial charge in [0.25, 0.3) is 5.91 Å². The first-order valence-corrected chi connectivity index (χ1v) is 10.2. The maximum atomic E-state index is 12.7. The molecule has 1 amide bonds. The summed E-state index contributed by atoms with van der Waals surface area (Å²) in [7, 11) is 1.60. The number of rotatable bonds is 7. The number of aryl methyl sites for hydroxylation is 1. The molecule has 4 rings (SSSR count). The molecular formula is C26H23N3O3. The van der Waals surface area contributed by atoms with E-state index in [9.17, 15) is 4.79 Å². The van der Waals surface area contributed by atoms with Crippen LogP contribution in [0.5, 0.6) is 17.4 Å². The van der Waals surface area contributed by atoms with Crippen molar-refractivity contribution in [3.63, 3.8) is 0 Å². The summed E-state index contributed by atoms with van der Waals surface area (Å²) in [6, 6.07) is 24.3. The molecule has 0 aliphatic rings. The molecule has 1 N–H and O–H groups in total. The zero-order valence-electron chi connectivity index (χ0n) is 17.9. The van der Waals surface area contributed by atoms with E-state index in [2.05, 4.69) is 15.3 Å². The molecule has 0 atom stereocenters. The Bertz CT molecular complexity index is 1240. The van der Waals surface area contributed by atoms with Crippen LogP contribution in [0.2, 0.25) is 0 Å². The second-order valence-electron chi connectivity index (χ2n) is 7.21. The van der Waals surface area contributed by atoms with Gasteiger partial charge in [0, 0.05) is 29.8 Å². The highest BCUT2D eigenvalue weighted by molar-refractivity contribution is 5.95. The van der Waals surface area contributed by atoms with Crippen LogP contribution in [0.15, 0.2) is 85.2 Å². The number of methoxy groups -OCH3 is 1. The third-order valence-electron chi connectivity index (χ3n) is 5.03. The topological polar surface area (TPSA) is 73.3 Å². The average molecular weight is 425 g/mol. The Balaban J connectivity index is 1.49. The first-order chi connectivity index (χ1) is 15.6. The number of carbonyl (C=O) groups is 1. The van der Waals surface area contributed by atoms with Gasteiger partial charge in [0.1, 0.15) is 17.8 Å². The van der Waals surface area contributed by atoms with E-state index in [1.807, 2.05) is 67.6 Å². The molecule has 0 radical (unpaired) electrons. The van der Waals surface area contributed by atoms with E-state index >= 15 is 0 Å². The van der Waals surface area contributed by atoms with Crippen LogP contribution in [0.3, 0.4) is 0 Å².